The SMILES string of the molecule is CCC(C)NC(=O)CN(CCN1CCOCC1)C(C)=O. The lowest BCUT2D eigenvalue weighted by molar-refractivity contribution is -0.134. The van der Waals surface area contributed by atoms with Crippen LogP contribution in [0.1, 0.15) is 27.2 Å². The van der Waals surface area contributed by atoms with E-state index in [4.69, 9.17) is 4.74 Å². The van der Waals surface area contributed by atoms with Gasteiger partial charge in [0, 0.05) is 39.1 Å². The van der Waals surface area contributed by atoms with Crippen molar-refractivity contribution in [1.29, 1.82) is 0 Å². The summed E-state index contributed by atoms with van der Waals surface area (Å²) in [7, 11) is 0. The second-order valence-electron chi connectivity index (χ2n) is 5.27. The van der Waals surface area contributed by atoms with Crippen LogP contribution in [0, 0.1) is 0 Å². The first kappa shape index (κ1) is 16.9. The minimum absolute atomic E-state index is 0.0578. The first-order valence-electron chi connectivity index (χ1n) is 7.38. The normalized spacial score (nSPS) is 17.6. The summed E-state index contributed by atoms with van der Waals surface area (Å²) in [6, 6.07) is 0.149. The number of amides is 2. The van der Waals surface area contributed by atoms with Gasteiger partial charge in [-0.25, -0.2) is 0 Å². The second-order valence-corrected chi connectivity index (χ2v) is 5.27. The number of nitrogens with zero attached hydrogens (tertiary/aromatic N) is 2. The van der Waals surface area contributed by atoms with E-state index in [0.717, 1.165) is 39.3 Å². The predicted molar refractivity (Wildman–Crippen MR) is 77.4 cm³/mol. The van der Waals surface area contributed by atoms with Crippen LogP contribution in [-0.2, 0) is 14.3 Å². The summed E-state index contributed by atoms with van der Waals surface area (Å²) >= 11 is 0. The van der Waals surface area contributed by atoms with E-state index in [9.17, 15) is 9.59 Å². The Hall–Kier alpha value is -1.14. The predicted octanol–water partition coefficient (Wildman–Crippen LogP) is 0.0818. The van der Waals surface area contributed by atoms with Gasteiger partial charge in [-0.2, -0.15) is 0 Å². The van der Waals surface area contributed by atoms with Crippen LogP contribution < -0.4 is 5.32 Å². The van der Waals surface area contributed by atoms with Gasteiger partial charge in [-0.15, -0.1) is 0 Å². The molecule has 0 bridgehead atoms. The number of rotatable bonds is 7. The fraction of sp³-hybridized carbons (Fsp3) is 0.857. The van der Waals surface area contributed by atoms with E-state index in [0.29, 0.717) is 6.54 Å². The van der Waals surface area contributed by atoms with Crippen molar-refractivity contribution in [1.82, 2.24) is 15.1 Å². The Labute approximate surface area is 121 Å². The van der Waals surface area contributed by atoms with E-state index in [-0.39, 0.29) is 24.4 Å². The van der Waals surface area contributed by atoms with Crippen molar-refractivity contribution in [2.75, 3.05) is 45.9 Å². The van der Waals surface area contributed by atoms with Crippen LogP contribution in [-0.4, -0.2) is 73.6 Å². The molecule has 0 radical (unpaired) electrons. The third-order valence-electron chi connectivity index (χ3n) is 3.59. The molecule has 1 aliphatic heterocycles. The molecule has 0 aromatic heterocycles. The number of hydrogen-bond donors (Lipinski definition) is 1. The van der Waals surface area contributed by atoms with Gasteiger partial charge in [0.25, 0.3) is 0 Å². The first-order valence-corrected chi connectivity index (χ1v) is 7.38. The average Bonchev–Trinajstić information content (AvgIpc) is 2.44. The van der Waals surface area contributed by atoms with Gasteiger partial charge in [-0.1, -0.05) is 6.92 Å². The van der Waals surface area contributed by atoms with Crippen molar-refractivity contribution in [3.63, 3.8) is 0 Å². The zero-order chi connectivity index (χ0) is 15.0. The summed E-state index contributed by atoms with van der Waals surface area (Å²) < 4.78 is 5.29. The Kier molecular flexibility index (Phi) is 7.54. The first-order chi connectivity index (χ1) is 9.52. The van der Waals surface area contributed by atoms with Gasteiger partial charge in [0.05, 0.1) is 19.8 Å². The van der Waals surface area contributed by atoms with E-state index in [1.54, 1.807) is 4.90 Å². The molecule has 1 heterocycles. The molecule has 0 spiro atoms. The summed E-state index contributed by atoms with van der Waals surface area (Å²) in [5.41, 5.74) is 0. The minimum atomic E-state index is -0.0865. The highest BCUT2D eigenvalue weighted by atomic mass is 16.5. The number of ether oxygens (including phenoxy) is 1. The van der Waals surface area contributed by atoms with Gasteiger partial charge in [-0.05, 0) is 13.3 Å². The Bertz CT molecular complexity index is 317. The van der Waals surface area contributed by atoms with Crippen molar-refractivity contribution in [3.05, 3.63) is 0 Å². The highest BCUT2D eigenvalue weighted by Gasteiger charge is 2.17. The topological polar surface area (TPSA) is 61.9 Å². The molecule has 0 aromatic rings. The second kappa shape index (κ2) is 8.92. The maximum absolute atomic E-state index is 11.8. The smallest absolute Gasteiger partial charge is 0.239 e. The molecule has 0 aliphatic carbocycles. The number of nitrogens with one attached hydrogen (secondary N) is 1. The van der Waals surface area contributed by atoms with Crippen LogP contribution in [0.2, 0.25) is 0 Å². The molecule has 1 unspecified atom stereocenters. The van der Waals surface area contributed by atoms with Gasteiger partial charge < -0.3 is 15.0 Å². The Morgan fingerprint density at radius 1 is 1.35 bits per heavy atom. The molecule has 1 fully saturated rings. The van der Waals surface area contributed by atoms with Gasteiger partial charge in [0.15, 0.2) is 0 Å². The molecule has 1 saturated heterocycles. The monoisotopic (exact) mass is 285 g/mol. The molecule has 1 aliphatic rings. The Morgan fingerprint density at radius 3 is 2.55 bits per heavy atom. The molecule has 116 valence electrons. The largest absolute Gasteiger partial charge is 0.379 e. The molecule has 20 heavy (non-hydrogen) atoms. The minimum Gasteiger partial charge on any atom is -0.379 e. The van der Waals surface area contributed by atoms with Crippen LogP contribution in [0.25, 0.3) is 0 Å². The van der Waals surface area contributed by atoms with Crippen LogP contribution >= 0.6 is 0 Å². The fourth-order valence-electron chi connectivity index (χ4n) is 2.03. The average molecular weight is 285 g/mol. The maximum Gasteiger partial charge on any atom is 0.239 e. The standard InChI is InChI=1S/C14H27N3O3/c1-4-12(2)15-14(19)11-17(13(3)18)6-5-16-7-9-20-10-8-16/h12H,4-11H2,1-3H3,(H,15,19). The Morgan fingerprint density at radius 2 is 2.00 bits per heavy atom. The van der Waals surface area contributed by atoms with Crippen LogP contribution in [0.5, 0.6) is 0 Å². The van der Waals surface area contributed by atoms with Crippen molar-refractivity contribution < 1.29 is 14.3 Å². The number of morpholine rings is 1. The molecule has 1 atom stereocenters. The van der Waals surface area contributed by atoms with E-state index in [2.05, 4.69) is 10.2 Å². The molecule has 1 N–H and O–H groups in total. The van der Waals surface area contributed by atoms with E-state index in [1.807, 2.05) is 13.8 Å². The summed E-state index contributed by atoms with van der Waals surface area (Å²) in [5, 5.41) is 2.89. The zero-order valence-electron chi connectivity index (χ0n) is 12.9. The van der Waals surface area contributed by atoms with Gasteiger partial charge in [0.1, 0.15) is 0 Å². The van der Waals surface area contributed by atoms with Gasteiger partial charge >= 0.3 is 0 Å². The van der Waals surface area contributed by atoms with Crippen LogP contribution in [0.3, 0.4) is 0 Å². The number of carbonyl (C=O) groups excluding carboxylic acids is 2. The molecule has 6 nitrogen and oxygen atoms in total. The van der Waals surface area contributed by atoms with Crippen LogP contribution in [0.4, 0.5) is 0 Å². The van der Waals surface area contributed by atoms with Crippen molar-refractivity contribution >= 4 is 11.8 Å². The highest BCUT2D eigenvalue weighted by Crippen LogP contribution is 1.99. The molecule has 1 rings (SSSR count). The Balaban J connectivity index is 2.35. The lowest BCUT2D eigenvalue weighted by Crippen LogP contribution is -2.46. The molecule has 6 heteroatoms. The summed E-state index contributed by atoms with van der Waals surface area (Å²) in [6.07, 6.45) is 0.888. The summed E-state index contributed by atoms with van der Waals surface area (Å²) in [6.45, 7) is 10.3. The lowest BCUT2D eigenvalue weighted by Gasteiger charge is -2.29. The van der Waals surface area contributed by atoms with Crippen molar-refractivity contribution in [3.8, 4) is 0 Å². The number of hydrogen-bond acceptors (Lipinski definition) is 4. The third-order valence-corrected chi connectivity index (χ3v) is 3.59. The third kappa shape index (κ3) is 6.34. The van der Waals surface area contributed by atoms with E-state index in [1.165, 1.54) is 6.92 Å². The number of carbonyl (C=O) groups is 2. The molecule has 0 aromatic carbocycles. The van der Waals surface area contributed by atoms with E-state index < -0.39 is 0 Å². The molecule has 0 saturated carbocycles. The summed E-state index contributed by atoms with van der Waals surface area (Å²) in [5.74, 6) is -0.144. The fourth-order valence-corrected chi connectivity index (χ4v) is 2.03. The van der Waals surface area contributed by atoms with Crippen LogP contribution in [0.15, 0.2) is 0 Å². The zero-order valence-corrected chi connectivity index (χ0v) is 12.9. The molecular formula is C14H27N3O3. The molecular weight excluding hydrogens is 258 g/mol. The van der Waals surface area contributed by atoms with Gasteiger partial charge in [0.2, 0.25) is 11.8 Å². The lowest BCUT2D eigenvalue weighted by atomic mass is 10.2. The van der Waals surface area contributed by atoms with Crippen molar-refractivity contribution in [2.24, 2.45) is 0 Å². The summed E-state index contributed by atoms with van der Waals surface area (Å²) in [4.78, 5) is 27.3. The molecule has 2 amide bonds. The maximum atomic E-state index is 11.8. The highest BCUT2D eigenvalue weighted by molar-refractivity contribution is 5.83. The van der Waals surface area contributed by atoms with E-state index >= 15 is 0 Å². The van der Waals surface area contributed by atoms with Crippen molar-refractivity contribution in [2.45, 2.75) is 33.2 Å². The quantitative estimate of drug-likeness (QED) is 0.720. The van der Waals surface area contributed by atoms with Gasteiger partial charge in [-0.3, -0.25) is 14.5 Å².